The molecule has 146 valence electrons. The van der Waals surface area contributed by atoms with Crippen molar-refractivity contribution >= 4 is 5.84 Å². The predicted octanol–water partition coefficient (Wildman–Crippen LogP) is 3.77. The van der Waals surface area contributed by atoms with Crippen LogP contribution in [0, 0.1) is 5.92 Å². The zero-order chi connectivity index (χ0) is 20.0. The van der Waals surface area contributed by atoms with Gasteiger partial charge >= 0.3 is 0 Å². The zero-order valence-electron chi connectivity index (χ0n) is 17.2. The molecule has 2 aromatic rings. The topological polar surface area (TPSA) is 61.9 Å². The van der Waals surface area contributed by atoms with E-state index in [-0.39, 0.29) is 5.92 Å². The molecular formula is C23H33N3O. The van der Waals surface area contributed by atoms with Gasteiger partial charge in [-0.05, 0) is 49.2 Å². The Balaban J connectivity index is 2.10. The summed E-state index contributed by atoms with van der Waals surface area (Å²) in [6, 6.07) is 16.4. The lowest BCUT2D eigenvalue weighted by molar-refractivity contribution is 0.159. The van der Waals surface area contributed by atoms with Crippen molar-refractivity contribution in [2.45, 2.75) is 45.9 Å². The van der Waals surface area contributed by atoms with Crippen LogP contribution in [0.4, 0.5) is 0 Å². The summed E-state index contributed by atoms with van der Waals surface area (Å²) in [5.41, 5.74) is 10.6. The second kappa shape index (κ2) is 9.67. The highest BCUT2D eigenvalue weighted by Crippen LogP contribution is 2.22. The minimum absolute atomic E-state index is 0.124. The molecule has 2 aromatic carbocycles. The molecule has 2 unspecified atom stereocenters. The summed E-state index contributed by atoms with van der Waals surface area (Å²) in [4.78, 5) is 6.45. The van der Waals surface area contributed by atoms with Crippen LogP contribution in [-0.2, 0) is 13.0 Å². The fraction of sp³-hybridized carbons (Fsp3) is 0.435. The van der Waals surface area contributed by atoms with Crippen molar-refractivity contribution in [2.75, 3.05) is 14.1 Å². The predicted molar refractivity (Wildman–Crippen MR) is 114 cm³/mol. The van der Waals surface area contributed by atoms with E-state index in [9.17, 15) is 5.11 Å². The van der Waals surface area contributed by atoms with E-state index in [1.807, 2.05) is 39.2 Å². The number of aliphatic hydroxyl groups excluding tert-OH is 1. The van der Waals surface area contributed by atoms with E-state index in [0.717, 1.165) is 24.1 Å². The van der Waals surface area contributed by atoms with Crippen molar-refractivity contribution in [3.8, 4) is 0 Å². The van der Waals surface area contributed by atoms with Crippen LogP contribution in [0.25, 0.3) is 0 Å². The molecule has 0 aliphatic carbocycles. The minimum Gasteiger partial charge on any atom is -0.383 e. The van der Waals surface area contributed by atoms with Crippen molar-refractivity contribution in [3.63, 3.8) is 0 Å². The molecule has 0 amide bonds. The molecule has 0 fully saturated rings. The van der Waals surface area contributed by atoms with Gasteiger partial charge in [0.1, 0.15) is 5.84 Å². The van der Waals surface area contributed by atoms with Gasteiger partial charge in [-0.2, -0.15) is 0 Å². The van der Waals surface area contributed by atoms with Crippen LogP contribution in [-0.4, -0.2) is 36.2 Å². The van der Waals surface area contributed by atoms with Gasteiger partial charge in [-0.25, -0.2) is 4.99 Å². The Bertz CT molecular complexity index is 750. The molecule has 0 spiro atoms. The van der Waals surface area contributed by atoms with Gasteiger partial charge in [0.2, 0.25) is 0 Å². The second-order valence-electron chi connectivity index (χ2n) is 7.99. The van der Waals surface area contributed by atoms with Gasteiger partial charge in [-0.1, -0.05) is 63.2 Å². The quantitative estimate of drug-likeness (QED) is 0.551. The van der Waals surface area contributed by atoms with Crippen LogP contribution in [0.5, 0.6) is 0 Å². The third-order valence-electron chi connectivity index (χ3n) is 4.59. The highest BCUT2D eigenvalue weighted by Gasteiger charge is 2.16. The Hall–Kier alpha value is -2.17. The highest BCUT2D eigenvalue weighted by atomic mass is 16.3. The Morgan fingerprint density at radius 3 is 2.30 bits per heavy atom. The maximum atomic E-state index is 10.6. The van der Waals surface area contributed by atoms with Crippen molar-refractivity contribution < 1.29 is 5.11 Å². The van der Waals surface area contributed by atoms with Gasteiger partial charge in [-0.3, -0.25) is 0 Å². The number of hydrogen-bond donors (Lipinski definition) is 2. The number of hydrogen-bond acceptors (Lipinski definition) is 3. The summed E-state index contributed by atoms with van der Waals surface area (Å²) in [6.07, 6.45) is 0.185. The third-order valence-corrected chi connectivity index (χ3v) is 4.59. The number of nitrogens with two attached hydrogens (primary N) is 1. The lowest BCUT2D eigenvalue weighted by Gasteiger charge is -2.17. The van der Waals surface area contributed by atoms with E-state index in [0.29, 0.717) is 11.8 Å². The van der Waals surface area contributed by atoms with Gasteiger partial charge in [-0.15, -0.1) is 0 Å². The van der Waals surface area contributed by atoms with Crippen molar-refractivity contribution in [3.05, 3.63) is 70.8 Å². The van der Waals surface area contributed by atoms with Crippen LogP contribution in [0.15, 0.2) is 53.5 Å². The average Bonchev–Trinajstić information content (AvgIpc) is 2.61. The van der Waals surface area contributed by atoms with Gasteiger partial charge in [0, 0.05) is 18.0 Å². The molecule has 0 bridgehead atoms. The molecule has 0 aliphatic heterocycles. The summed E-state index contributed by atoms with van der Waals surface area (Å²) in [5.74, 6) is 0.875. The number of aliphatic hydroxyl groups is 1. The standard InChI is InChI=1S/C23H33N3O/c1-16(2)13-18-9-11-20(12-10-18)17(3)23(27)25-22(24)21-8-6-7-19(14-21)15-26(4)5/h6-12,14,16-17,23,27H,13,15H2,1-5H3,(H2,24,25). The Kier molecular flexibility index (Phi) is 7.57. The Morgan fingerprint density at radius 1 is 1.04 bits per heavy atom. The van der Waals surface area contributed by atoms with E-state index < -0.39 is 6.23 Å². The number of rotatable bonds is 8. The van der Waals surface area contributed by atoms with Gasteiger partial charge in [0.25, 0.3) is 0 Å². The Labute approximate surface area is 163 Å². The normalized spacial score (nSPS) is 14.6. The van der Waals surface area contributed by atoms with Gasteiger partial charge in [0.15, 0.2) is 6.23 Å². The second-order valence-corrected chi connectivity index (χ2v) is 7.99. The van der Waals surface area contributed by atoms with E-state index >= 15 is 0 Å². The maximum absolute atomic E-state index is 10.6. The summed E-state index contributed by atoms with van der Waals surface area (Å²) in [7, 11) is 4.06. The summed E-state index contributed by atoms with van der Waals surface area (Å²) in [6.45, 7) is 7.24. The largest absolute Gasteiger partial charge is 0.383 e. The molecule has 4 heteroatoms. The number of aliphatic imine (C=N–C) groups is 1. The SMILES string of the molecule is CC(C)Cc1ccc(C(C)C(O)/N=C(\N)c2cccc(CN(C)C)c2)cc1. The fourth-order valence-electron chi connectivity index (χ4n) is 3.12. The van der Waals surface area contributed by atoms with Crippen LogP contribution in [0.1, 0.15) is 48.9 Å². The number of benzene rings is 2. The highest BCUT2D eigenvalue weighted by molar-refractivity contribution is 5.97. The number of nitrogens with zero attached hydrogens (tertiary/aromatic N) is 2. The third kappa shape index (κ3) is 6.49. The van der Waals surface area contributed by atoms with Crippen LogP contribution < -0.4 is 5.73 Å². The fourth-order valence-corrected chi connectivity index (χ4v) is 3.12. The Morgan fingerprint density at radius 2 is 1.70 bits per heavy atom. The molecule has 2 atom stereocenters. The first-order valence-electron chi connectivity index (χ1n) is 9.60. The van der Waals surface area contributed by atoms with Crippen LogP contribution in [0.2, 0.25) is 0 Å². The molecule has 0 saturated heterocycles. The molecule has 4 nitrogen and oxygen atoms in total. The lowest BCUT2D eigenvalue weighted by Crippen LogP contribution is -2.22. The van der Waals surface area contributed by atoms with Crippen molar-refractivity contribution in [2.24, 2.45) is 16.6 Å². The first-order chi connectivity index (χ1) is 12.8. The van der Waals surface area contributed by atoms with Gasteiger partial charge < -0.3 is 15.7 Å². The van der Waals surface area contributed by atoms with Crippen LogP contribution >= 0.6 is 0 Å². The first-order valence-corrected chi connectivity index (χ1v) is 9.60. The molecule has 0 aliphatic rings. The van der Waals surface area contributed by atoms with Crippen molar-refractivity contribution in [1.82, 2.24) is 4.90 Å². The van der Waals surface area contributed by atoms with E-state index in [1.54, 1.807) is 0 Å². The number of amidine groups is 1. The monoisotopic (exact) mass is 367 g/mol. The molecule has 0 radical (unpaired) electrons. The van der Waals surface area contributed by atoms with Crippen LogP contribution in [0.3, 0.4) is 0 Å². The van der Waals surface area contributed by atoms with E-state index in [4.69, 9.17) is 5.73 Å². The van der Waals surface area contributed by atoms with E-state index in [1.165, 1.54) is 11.1 Å². The summed E-state index contributed by atoms with van der Waals surface area (Å²) >= 11 is 0. The lowest BCUT2D eigenvalue weighted by atomic mass is 9.96. The zero-order valence-corrected chi connectivity index (χ0v) is 17.2. The molecule has 0 heterocycles. The summed E-state index contributed by atoms with van der Waals surface area (Å²) in [5, 5.41) is 10.6. The summed E-state index contributed by atoms with van der Waals surface area (Å²) < 4.78 is 0. The molecule has 2 rings (SSSR count). The molecule has 0 saturated carbocycles. The average molecular weight is 368 g/mol. The molecule has 27 heavy (non-hydrogen) atoms. The molecule has 0 aromatic heterocycles. The first kappa shape index (κ1) is 21.1. The smallest absolute Gasteiger partial charge is 0.154 e. The maximum Gasteiger partial charge on any atom is 0.154 e. The van der Waals surface area contributed by atoms with Gasteiger partial charge in [0.05, 0.1) is 0 Å². The van der Waals surface area contributed by atoms with E-state index in [2.05, 4.69) is 54.1 Å². The van der Waals surface area contributed by atoms with Crippen molar-refractivity contribution in [1.29, 1.82) is 0 Å². The molecular weight excluding hydrogens is 334 g/mol. The minimum atomic E-state index is -0.876. The molecule has 3 N–H and O–H groups in total.